The molecule has 1 amide bonds. The van der Waals surface area contributed by atoms with Crippen LogP contribution in [0.25, 0.3) is 0 Å². The SMILES string of the molecule is CC1(C(=O)NCCOc2ccccc2)CCCC1N. The van der Waals surface area contributed by atoms with E-state index in [-0.39, 0.29) is 11.9 Å². The van der Waals surface area contributed by atoms with Crippen molar-refractivity contribution < 1.29 is 9.53 Å². The fraction of sp³-hybridized carbons (Fsp3) is 0.533. The molecule has 3 N–H and O–H groups in total. The summed E-state index contributed by atoms with van der Waals surface area (Å²) in [4.78, 5) is 12.1. The molecule has 1 aliphatic carbocycles. The van der Waals surface area contributed by atoms with Crippen molar-refractivity contribution >= 4 is 5.91 Å². The maximum absolute atomic E-state index is 12.1. The Morgan fingerprint density at radius 2 is 2.21 bits per heavy atom. The fourth-order valence-corrected chi connectivity index (χ4v) is 2.53. The lowest BCUT2D eigenvalue weighted by Crippen LogP contribution is -2.48. The highest BCUT2D eigenvalue weighted by Crippen LogP contribution is 2.36. The number of para-hydroxylation sites is 1. The largest absolute Gasteiger partial charge is 0.492 e. The van der Waals surface area contributed by atoms with Gasteiger partial charge in [0, 0.05) is 6.04 Å². The van der Waals surface area contributed by atoms with Gasteiger partial charge in [0.25, 0.3) is 0 Å². The molecule has 1 aromatic carbocycles. The third kappa shape index (κ3) is 3.26. The van der Waals surface area contributed by atoms with Crippen LogP contribution in [-0.4, -0.2) is 25.1 Å². The molecule has 1 saturated carbocycles. The molecule has 1 fully saturated rings. The Bertz CT molecular complexity index is 421. The van der Waals surface area contributed by atoms with Crippen molar-refractivity contribution in [2.24, 2.45) is 11.1 Å². The van der Waals surface area contributed by atoms with E-state index in [1.54, 1.807) is 0 Å². The first-order valence-corrected chi connectivity index (χ1v) is 6.84. The van der Waals surface area contributed by atoms with Crippen LogP contribution in [0.4, 0.5) is 0 Å². The molecule has 1 aromatic rings. The molecule has 0 aliphatic heterocycles. The van der Waals surface area contributed by atoms with E-state index in [1.165, 1.54) is 0 Å². The summed E-state index contributed by atoms with van der Waals surface area (Å²) in [6.07, 6.45) is 2.84. The van der Waals surface area contributed by atoms with Crippen molar-refractivity contribution in [3.05, 3.63) is 30.3 Å². The lowest BCUT2D eigenvalue weighted by atomic mass is 9.84. The quantitative estimate of drug-likeness (QED) is 0.794. The van der Waals surface area contributed by atoms with Gasteiger partial charge in [0.15, 0.2) is 0 Å². The van der Waals surface area contributed by atoms with Gasteiger partial charge >= 0.3 is 0 Å². The smallest absolute Gasteiger partial charge is 0.227 e. The van der Waals surface area contributed by atoms with Crippen LogP contribution in [-0.2, 0) is 4.79 Å². The van der Waals surface area contributed by atoms with Gasteiger partial charge in [-0.3, -0.25) is 4.79 Å². The van der Waals surface area contributed by atoms with Crippen LogP contribution in [0.2, 0.25) is 0 Å². The number of hydrogen-bond acceptors (Lipinski definition) is 3. The molecule has 19 heavy (non-hydrogen) atoms. The van der Waals surface area contributed by atoms with Crippen LogP contribution >= 0.6 is 0 Å². The Hall–Kier alpha value is -1.55. The summed E-state index contributed by atoms with van der Waals surface area (Å²) < 4.78 is 5.53. The van der Waals surface area contributed by atoms with Crippen molar-refractivity contribution in [3.63, 3.8) is 0 Å². The Balaban J connectivity index is 1.73. The zero-order chi connectivity index (χ0) is 13.7. The van der Waals surface area contributed by atoms with E-state index in [4.69, 9.17) is 10.5 Å². The zero-order valence-electron chi connectivity index (χ0n) is 11.4. The lowest BCUT2D eigenvalue weighted by Gasteiger charge is -2.27. The van der Waals surface area contributed by atoms with Gasteiger partial charge in [-0.25, -0.2) is 0 Å². The lowest BCUT2D eigenvalue weighted by molar-refractivity contribution is -0.130. The average molecular weight is 262 g/mol. The van der Waals surface area contributed by atoms with Gasteiger partial charge in [-0.05, 0) is 31.9 Å². The summed E-state index contributed by atoms with van der Waals surface area (Å²) in [5, 5.41) is 2.92. The third-order valence-electron chi connectivity index (χ3n) is 3.95. The van der Waals surface area contributed by atoms with E-state index in [1.807, 2.05) is 37.3 Å². The molecule has 0 spiro atoms. The number of carbonyl (C=O) groups excluding carboxylic acids is 1. The Labute approximate surface area is 114 Å². The predicted octanol–water partition coefficient (Wildman–Crippen LogP) is 1.70. The van der Waals surface area contributed by atoms with Gasteiger partial charge in [-0.1, -0.05) is 24.6 Å². The molecule has 104 valence electrons. The number of carbonyl (C=O) groups is 1. The second-order valence-corrected chi connectivity index (χ2v) is 5.33. The molecule has 4 heteroatoms. The second-order valence-electron chi connectivity index (χ2n) is 5.33. The summed E-state index contributed by atoms with van der Waals surface area (Å²) in [5.41, 5.74) is 5.61. The maximum atomic E-state index is 12.1. The zero-order valence-corrected chi connectivity index (χ0v) is 11.4. The highest BCUT2D eigenvalue weighted by atomic mass is 16.5. The molecule has 0 saturated heterocycles. The number of benzene rings is 1. The van der Waals surface area contributed by atoms with E-state index in [9.17, 15) is 4.79 Å². The standard InChI is InChI=1S/C15H22N2O2/c1-15(9-5-8-13(15)16)14(18)17-10-11-19-12-6-3-2-4-7-12/h2-4,6-7,13H,5,8-11,16H2,1H3,(H,17,18). The number of nitrogens with one attached hydrogen (secondary N) is 1. The first-order chi connectivity index (χ1) is 9.13. The molecule has 0 radical (unpaired) electrons. The molecule has 0 heterocycles. The average Bonchev–Trinajstić information content (AvgIpc) is 2.77. The van der Waals surface area contributed by atoms with Gasteiger partial charge in [-0.15, -0.1) is 0 Å². The summed E-state index contributed by atoms with van der Waals surface area (Å²) in [6.45, 7) is 2.94. The van der Waals surface area contributed by atoms with Gasteiger partial charge < -0.3 is 15.8 Å². The summed E-state index contributed by atoms with van der Waals surface area (Å²) in [5.74, 6) is 0.870. The topological polar surface area (TPSA) is 64.3 Å². The molecule has 1 aliphatic rings. The van der Waals surface area contributed by atoms with E-state index in [0.29, 0.717) is 13.2 Å². The summed E-state index contributed by atoms with van der Waals surface area (Å²) in [7, 11) is 0. The summed E-state index contributed by atoms with van der Waals surface area (Å²) >= 11 is 0. The number of ether oxygens (including phenoxy) is 1. The van der Waals surface area contributed by atoms with Crippen molar-refractivity contribution in [2.45, 2.75) is 32.2 Å². The third-order valence-corrected chi connectivity index (χ3v) is 3.95. The van der Waals surface area contributed by atoms with E-state index in [0.717, 1.165) is 25.0 Å². The molecular formula is C15H22N2O2. The van der Waals surface area contributed by atoms with Crippen LogP contribution in [0, 0.1) is 5.41 Å². The molecule has 0 aromatic heterocycles. The normalized spacial score (nSPS) is 26.1. The minimum Gasteiger partial charge on any atom is -0.492 e. The van der Waals surface area contributed by atoms with Crippen LogP contribution in [0.1, 0.15) is 26.2 Å². The van der Waals surface area contributed by atoms with E-state index >= 15 is 0 Å². The van der Waals surface area contributed by atoms with Gasteiger partial charge in [0.05, 0.1) is 12.0 Å². The van der Waals surface area contributed by atoms with Gasteiger partial charge in [0.1, 0.15) is 12.4 Å². The van der Waals surface area contributed by atoms with Crippen molar-refractivity contribution in [2.75, 3.05) is 13.2 Å². The first kappa shape index (κ1) is 13.9. The highest BCUT2D eigenvalue weighted by Gasteiger charge is 2.42. The second kappa shape index (κ2) is 6.06. The number of rotatable bonds is 5. The number of nitrogens with two attached hydrogens (primary N) is 1. The molecule has 0 bridgehead atoms. The van der Waals surface area contributed by atoms with Gasteiger partial charge in [0.2, 0.25) is 5.91 Å². The molecule has 2 atom stereocenters. The molecule has 2 rings (SSSR count). The molecular weight excluding hydrogens is 240 g/mol. The highest BCUT2D eigenvalue weighted by molar-refractivity contribution is 5.83. The minimum atomic E-state index is -0.410. The van der Waals surface area contributed by atoms with Crippen LogP contribution in [0.3, 0.4) is 0 Å². The molecule has 4 nitrogen and oxygen atoms in total. The minimum absolute atomic E-state index is 0.0254. The number of hydrogen-bond donors (Lipinski definition) is 2. The van der Waals surface area contributed by atoms with Crippen LogP contribution in [0.15, 0.2) is 30.3 Å². The van der Waals surface area contributed by atoms with Crippen LogP contribution < -0.4 is 15.8 Å². The maximum Gasteiger partial charge on any atom is 0.227 e. The van der Waals surface area contributed by atoms with Crippen molar-refractivity contribution in [1.29, 1.82) is 0 Å². The van der Waals surface area contributed by atoms with Crippen molar-refractivity contribution in [1.82, 2.24) is 5.32 Å². The summed E-state index contributed by atoms with van der Waals surface area (Å²) in [6, 6.07) is 9.56. The first-order valence-electron chi connectivity index (χ1n) is 6.84. The van der Waals surface area contributed by atoms with E-state index in [2.05, 4.69) is 5.32 Å². The number of amides is 1. The Kier molecular flexibility index (Phi) is 4.43. The monoisotopic (exact) mass is 262 g/mol. The predicted molar refractivity (Wildman–Crippen MR) is 74.9 cm³/mol. The fourth-order valence-electron chi connectivity index (χ4n) is 2.53. The Morgan fingerprint density at radius 1 is 1.47 bits per heavy atom. The van der Waals surface area contributed by atoms with Crippen molar-refractivity contribution in [3.8, 4) is 5.75 Å². The Morgan fingerprint density at radius 3 is 2.84 bits per heavy atom. The van der Waals surface area contributed by atoms with Gasteiger partial charge in [-0.2, -0.15) is 0 Å². The van der Waals surface area contributed by atoms with E-state index < -0.39 is 5.41 Å². The van der Waals surface area contributed by atoms with Crippen LogP contribution in [0.5, 0.6) is 5.75 Å². The molecule has 2 unspecified atom stereocenters.